The third kappa shape index (κ3) is 6.20. The summed E-state index contributed by atoms with van der Waals surface area (Å²) in [6.07, 6.45) is 13.6. The SMILES string of the molecule is CN(C1CC(OCCCCC2=CCc3cccnc3N2)C1)[C@@H](C(=O)O)c1cccnc1C1CCOCC1. The van der Waals surface area contributed by atoms with Gasteiger partial charge in [-0.1, -0.05) is 18.2 Å². The lowest BCUT2D eigenvalue weighted by molar-refractivity contribution is -0.146. The minimum absolute atomic E-state index is 0.193. The Bertz CT molecular complexity index is 1090. The van der Waals surface area contributed by atoms with E-state index in [-0.39, 0.29) is 18.1 Å². The molecule has 2 N–H and O–H groups in total. The Hall–Kier alpha value is -2.81. The van der Waals surface area contributed by atoms with Crippen LogP contribution in [-0.2, 0) is 20.7 Å². The summed E-state index contributed by atoms with van der Waals surface area (Å²) in [5.41, 5.74) is 4.22. The zero-order valence-electron chi connectivity index (χ0n) is 21.6. The van der Waals surface area contributed by atoms with Crippen LogP contribution >= 0.6 is 0 Å². The number of aromatic nitrogens is 2. The molecule has 2 aromatic rings. The van der Waals surface area contributed by atoms with Crippen molar-refractivity contribution >= 4 is 11.8 Å². The number of unbranched alkanes of at least 4 members (excludes halogenated alkanes) is 1. The number of allylic oxidation sites excluding steroid dienone is 2. The number of anilines is 1. The first-order valence-electron chi connectivity index (χ1n) is 13.6. The molecule has 3 aliphatic rings. The number of hydrogen-bond donors (Lipinski definition) is 2. The van der Waals surface area contributed by atoms with Crippen molar-refractivity contribution in [3.63, 3.8) is 0 Å². The largest absolute Gasteiger partial charge is 0.480 e. The summed E-state index contributed by atoms with van der Waals surface area (Å²) in [5.74, 6) is 0.409. The number of rotatable bonds is 11. The molecule has 2 fully saturated rings. The Morgan fingerprint density at radius 1 is 1.19 bits per heavy atom. The lowest BCUT2D eigenvalue weighted by Crippen LogP contribution is -2.49. The van der Waals surface area contributed by atoms with Crippen LogP contribution in [0.25, 0.3) is 0 Å². The summed E-state index contributed by atoms with van der Waals surface area (Å²) in [6.45, 7) is 2.15. The molecule has 1 saturated heterocycles. The first kappa shape index (κ1) is 25.8. The topological polar surface area (TPSA) is 96.8 Å². The highest BCUT2D eigenvalue weighted by Crippen LogP contribution is 2.37. The molecule has 2 aliphatic heterocycles. The number of aliphatic carboxylic acids is 1. The van der Waals surface area contributed by atoms with Crippen LogP contribution in [0.4, 0.5) is 5.82 Å². The van der Waals surface area contributed by atoms with Gasteiger partial charge >= 0.3 is 5.97 Å². The van der Waals surface area contributed by atoms with Gasteiger partial charge in [0, 0.05) is 61.1 Å². The fourth-order valence-electron chi connectivity index (χ4n) is 5.70. The number of carbonyl (C=O) groups is 1. The number of carboxylic acid groups (broad SMARTS) is 1. The second-order valence-electron chi connectivity index (χ2n) is 10.4. The Kier molecular flexibility index (Phi) is 8.48. The molecule has 0 aromatic carbocycles. The number of likely N-dealkylation sites (N-methyl/N-ethyl adjacent to an activating group) is 1. The standard InChI is InChI=1S/C29H38N4O4/c1-33(27(29(34)35)25-8-5-13-30-26(25)20-11-16-36-17-12-20)23-18-24(19-23)37-15-3-2-7-22-10-9-21-6-4-14-31-28(21)32-22/h4-6,8,10,13-14,20,23-24,27H,2-3,7,9,11-12,15-19H2,1H3,(H,31,32)(H,34,35)/t23?,24?,27-/m1/s1. The highest BCUT2D eigenvalue weighted by molar-refractivity contribution is 5.76. The van der Waals surface area contributed by atoms with Gasteiger partial charge in [0.1, 0.15) is 11.9 Å². The van der Waals surface area contributed by atoms with Crippen LogP contribution in [0.1, 0.15) is 73.7 Å². The number of nitrogens with zero attached hydrogens (tertiary/aromatic N) is 3. The fourth-order valence-corrected chi connectivity index (χ4v) is 5.70. The van der Waals surface area contributed by atoms with Crippen molar-refractivity contribution in [2.45, 2.75) is 75.5 Å². The smallest absolute Gasteiger partial charge is 0.325 e. The van der Waals surface area contributed by atoms with Gasteiger partial charge in [-0.2, -0.15) is 0 Å². The molecule has 0 bridgehead atoms. The fraction of sp³-hybridized carbons (Fsp3) is 0.552. The first-order valence-corrected chi connectivity index (χ1v) is 13.6. The first-order chi connectivity index (χ1) is 18.1. The molecule has 1 aliphatic carbocycles. The van der Waals surface area contributed by atoms with E-state index in [0.717, 1.165) is 75.0 Å². The monoisotopic (exact) mass is 506 g/mol. The van der Waals surface area contributed by atoms with Crippen LogP contribution in [0, 0.1) is 0 Å². The number of carboxylic acids is 1. The van der Waals surface area contributed by atoms with E-state index in [1.165, 1.54) is 11.3 Å². The zero-order chi connectivity index (χ0) is 25.6. The van der Waals surface area contributed by atoms with Crippen LogP contribution in [0.5, 0.6) is 0 Å². The quantitative estimate of drug-likeness (QED) is 0.424. The lowest BCUT2D eigenvalue weighted by atomic mass is 9.85. The number of hydrogen-bond acceptors (Lipinski definition) is 7. The Balaban J connectivity index is 1.06. The summed E-state index contributed by atoms with van der Waals surface area (Å²) >= 11 is 0. The number of ether oxygens (including phenoxy) is 2. The molecular formula is C29H38N4O4. The molecule has 8 nitrogen and oxygen atoms in total. The van der Waals surface area contributed by atoms with Crippen LogP contribution in [0.15, 0.2) is 48.4 Å². The van der Waals surface area contributed by atoms with Crippen LogP contribution in [0.3, 0.4) is 0 Å². The van der Waals surface area contributed by atoms with Gasteiger partial charge in [0.15, 0.2) is 0 Å². The highest BCUT2D eigenvalue weighted by Gasteiger charge is 2.40. The van der Waals surface area contributed by atoms with Gasteiger partial charge < -0.3 is 19.9 Å². The molecule has 1 atom stereocenters. The normalized spacial score (nSPS) is 22.5. The summed E-state index contributed by atoms with van der Waals surface area (Å²) < 4.78 is 11.6. The summed E-state index contributed by atoms with van der Waals surface area (Å²) in [4.78, 5) is 23.5. The van der Waals surface area contributed by atoms with Crippen molar-refractivity contribution in [2.75, 3.05) is 32.2 Å². The number of fused-ring (bicyclic) bond motifs is 1. The van der Waals surface area contributed by atoms with Gasteiger partial charge in [0.2, 0.25) is 0 Å². The van der Waals surface area contributed by atoms with Crippen LogP contribution in [-0.4, -0.2) is 65.0 Å². The van der Waals surface area contributed by atoms with Gasteiger partial charge in [-0.3, -0.25) is 14.7 Å². The Morgan fingerprint density at radius 2 is 1.97 bits per heavy atom. The van der Waals surface area contributed by atoms with E-state index >= 15 is 0 Å². The maximum absolute atomic E-state index is 12.4. The maximum atomic E-state index is 12.4. The number of nitrogens with one attached hydrogen (secondary N) is 1. The van der Waals surface area contributed by atoms with E-state index < -0.39 is 12.0 Å². The predicted octanol–water partition coefficient (Wildman–Crippen LogP) is 4.70. The van der Waals surface area contributed by atoms with Gasteiger partial charge in [-0.15, -0.1) is 0 Å². The molecule has 8 heteroatoms. The minimum Gasteiger partial charge on any atom is -0.480 e. The van der Waals surface area contributed by atoms with E-state index in [9.17, 15) is 9.90 Å². The van der Waals surface area contributed by atoms with E-state index in [4.69, 9.17) is 9.47 Å². The zero-order valence-corrected chi connectivity index (χ0v) is 21.6. The maximum Gasteiger partial charge on any atom is 0.325 e. The van der Waals surface area contributed by atoms with Crippen molar-refractivity contribution in [3.05, 3.63) is 65.3 Å². The molecule has 198 valence electrons. The van der Waals surface area contributed by atoms with E-state index in [1.54, 1.807) is 6.20 Å². The molecule has 5 rings (SSSR count). The Morgan fingerprint density at radius 3 is 2.78 bits per heavy atom. The van der Waals surface area contributed by atoms with Gasteiger partial charge in [0.25, 0.3) is 0 Å². The third-order valence-corrected chi connectivity index (χ3v) is 7.99. The molecule has 2 aromatic heterocycles. The van der Waals surface area contributed by atoms with Gasteiger partial charge in [0.05, 0.1) is 6.10 Å². The summed E-state index contributed by atoms with van der Waals surface area (Å²) in [7, 11) is 1.93. The molecule has 4 heterocycles. The van der Waals surface area contributed by atoms with E-state index in [1.807, 2.05) is 36.3 Å². The highest BCUT2D eigenvalue weighted by atomic mass is 16.5. The van der Waals surface area contributed by atoms with Gasteiger partial charge in [-0.05, 0) is 76.1 Å². The molecular weight excluding hydrogens is 468 g/mol. The summed E-state index contributed by atoms with van der Waals surface area (Å²) in [5, 5.41) is 13.6. The Labute approximate surface area is 219 Å². The lowest BCUT2D eigenvalue weighted by Gasteiger charge is -2.43. The van der Waals surface area contributed by atoms with Crippen LogP contribution < -0.4 is 5.32 Å². The average molecular weight is 507 g/mol. The molecule has 1 saturated carbocycles. The second kappa shape index (κ2) is 12.2. The minimum atomic E-state index is -0.823. The van der Waals surface area contributed by atoms with Crippen molar-refractivity contribution in [1.29, 1.82) is 0 Å². The molecule has 0 spiro atoms. The second-order valence-corrected chi connectivity index (χ2v) is 10.4. The molecule has 0 radical (unpaired) electrons. The van der Waals surface area contributed by atoms with Crippen LogP contribution in [0.2, 0.25) is 0 Å². The predicted molar refractivity (Wildman–Crippen MR) is 141 cm³/mol. The van der Waals surface area contributed by atoms with E-state index in [2.05, 4.69) is 27.4 Å². The summed E-state index contributed by atoms with van der Waals surface area (Å²) in [6, 6.07) is 7.37. The number of pyridine rings is 2. The van der Waals surface area contributed by atoms with E-state index in [0.29, 0.717) is 13.2 Å². The van der Waals surface area contributed by atoms with Crippen molar-refractivity contribution in [2.24, 2.45) is 0 Å². The molecule has 0 unspecified atom stereocenters. The third-order valence-electron chi connectivity index (χ3n) is 7.99. The molecule has 37 heavy (non-hydrogen) atoms. The van der Waals surface area contributed by atoms with Crippen molar-refractivity contribution < 1.29 is 19.4 Å². The van der Waals surface area contributed by atoms with Crippen molar-refractivity contribution in [1.82, 2.24) is 14.9 Å². The van der Waals surface area contributed by atoms with Gasteiger partial charge in [-0.25, -0.2) is 4.98 Å². The van der Waals surface area contributed by atoms with Crippen molar-refractivity contribution in [3.8, 4) is 0 Å². The average Bonchev–Trinajstić information content (AvgIpc) is 2.90. The molecule has 0 amide bonds.